The number of aromatic nitrogens is 1. The zero-order valence-electron chi connectivity index (χ0n) is 17.0. The van der Waals surface area contributed by atoms with Crippen LogP contribution in [0.4, 0.5) is 5.69 Å². The van der Waals surface area contributed by atoms with Crippen molar-refractivity contribution in [2.75, 3.05) is 11.4 Å². The van der Waals surface area contributed by atoms with Crippen molar-refractivity contribution in [3.63, 3.8) is 0 Å². The Morgan fingerprint density at radius 1 is 1.20 bits per heavy atom. The van der Waals surface area contributed by atoms with Crippen molar-refractivity contribution in [3.05, 3.63) is 64.0 Å². The Morgan fingerprint density at radius 3 is 2.67 bits per heavy atom. The number of aryl methyl sites for hydroxylation is 2. The molecule has 0 aliphatic carbocycles. The Bertz CT molecular complexity index is 1090. The van der Waals surface area contributed by atoms with Crippen LogP contribution >= 0.6 is 11.3 Å². The van der Waals surface area contributed by atoms with Crippen molar-refractivity contribution >= 4 is 28.9 Å². The van der Waals surface area contributed by atoms with Gasteiger partial charge in [0.05, 0.1) is 16.4 Å². The Hall–Kier alpha value is -3.19. The highest BCUT2D eigenvalue weighted by Crippen LogP contribution is 2.38. The normalized spacial score (nSPS) is 15.5. The first-order valence-electron chi connectivity index (χ1n) is 9.68. The molecule has 6 nitrogen and oxygen atoms in total. The summed E-state index contributed by atoms with van der Waals surface area (Å²) in [5.74, 6) is -0.188. The molecule has 1 aliphatic rings. The van der Waals surface area contributed by atoms with Gasteiger partial charge in [-0.25, -0.2) is 4.98 Å². The fourth-order valence-electron chi connectivity index (χ4n) is 3.43. The first kappa shape index (κ1) is 20.1. The average Bonchev–Trinajstić information content (AvgIpc) is 3.08. The molecule has 1 atom stereocenters. The van der Waals surface area contributed by atoms with Crippen molar-refractivity contribution < 1.29 is 19.1 Å². The van der Waals surface area contributed by atoms with Gasteiger partial charge in [-0.05, 0) is 44.5 Å². The van der Waals surface area contributed by atoms with Gasteiger partial charge in [-0.2, -0.15) is 0 Å². The van der Waals surface area contributed by atoms with E-state index in [0.717, 1.165) is 26.7 Å². The molecule has 0 saturated carbocycles. The monoisotopic (exact) mass is 422 g/mol. The van der Waals surface area contributed by atoms with E-state index in [1.807, 2.05) is 62.4 Å². The molecule has 0 spiro atoms. The number of fused-ring (bicyclic) bond motifs is 1. The van der Waals surface area contributed by atoms with Crippen LogP contribution in [0.3, 0.4) is 0 Å². The molecular formula is C23H22N2O4S. The van der Waals surface area contributed by atoms with Crippen molar-refractivity contribution in [1.82, 2.24) is 4.98 Å². The van der Waals surface area contributed by atoms with Gasteiger partial charge in [0.2, 0.25) is 0 Å². The van der Waals surface area contributed by atoms with Gasteiger partial charge in [0.15, 0.2) is 6.10 Å². The third-order valence-electron chi connectivity index (χ3n) is 4.87. The SMILES string of the molecule is Cc1nc(-c2ccc3c(c2)N(CC(=O)OCc2ccccc2)C(=O)C(C)O3)c(C)s1. The molecule has 0 radical (unpaired) electrons. The number of esters is 1. The van der Waals surface area contributed by atoms with E-state index in [1.165, 1.54) is 4.90 Å². The summed E-state index contributed by atoms with van der Waals surface area (Å²) in [5, 5.41) is 0.975. The molecular weight excluding hydrogens is 400 g/mol. The number of amides is 1. The summed E-state index contributed by atoms with van der Waals surface area (Å²) in [7, 11) is 0. The minimum atomic E-state index is -0.673. The number of hydrogen-bond acceptors (Lipinski definition) is 6. The average molecular weight is 423 g/mol. The maximum atomic E-state index is 12.8. The summed E-state index contributed by atoms with van der Waals surface area (Å²) < 4.78 is 11.1. The number of carbonyl (C=O) groups excluding carboxylic acids is 2. The minimum absolute atomic E-state index is 0.165. The lowest BCUT2D eigenvalue weighted by Gasteiger charge is -2.32. The van der Waals surface area contributed by atoms with Crippen LogP contribution in [0.5, 0.6) is 5.75 Å². The molecule has 2 heterocycles. The molecule has 30 heavy (non-hydrogen) atoms. The quantitative estimate of drug-likeness (QED) is 0.574. The summed E-state index contributed by atoms with van der Waals surface area (Å²) in [4.78, 5) is 32.4. The van der Waals surface area contributed by atoms with Gasteiger partial charge in [-0.15, -0.1) is 11.3 Å². The predicted octanol–water partition coefficient (Wildman–Crippen LogP) is 4.28. The second kappa shape index (κ2) is 8.28. The molecule has 0 N–H and O–H groups in total. The van der Waals surface area contributed by atoms with Crippen molar-refractivity contribution in [3.8, 4) is 17.0 Å². The van der Waals surface area contributed by atoms with E-state index in [-0.39, 0.29) is 19.1 Å². The highest BCUT2D eigenvalue weighted by Gasteiger charge is 2.33. The molecule has 0 fully saturated rings. The number of carbonyl (C=O) groups is 2. The van der Waals surface area contributed by atoms with Gasteiger partial charge in [-0.1, -0.05) is 30.3 Å². The fourth-order valence-corrected chi connectivity index (χ4v) is 4.27. The zero-order chi connectivity index (χ0) is 21.3. The zero-order valence-corrected chi connectivity index (χ0v) is 17.9. The van der Waals surface area contributed by atoms with E-state index in [9.17, 15) is 9.59 Å². The summed E-state index contributed by atoms with van der Waals surface area (Å²) in [6.45, 7) is 5.64. The van der Waals surface area contributed by atoms with Crippen LogP contribution in [0.1, 0.15) is 22.4 Å². The van der Waals surface area contributed by atoms with Crippen LogP contribution < -0.4 is 9.64 Å². The smallest absolute Gasteiger partial charge is 0.326 e. The first-order chi connectivity index (χ1) is 14.4. The van der Waals surface area contributed by atoms with E-state index in [0.29, 0.717) is 11.4 Å². The highest BCUT2D eigenvalue weighted by atomic mass is 32.1. The molecule has 154 valence electrons. The number of thiazole rings is 1. The molecule has 0 bridgehead atoms. The Labute approximate surface area is 179 Å². The van der Waals surface area contributed by atoms with Crippen molar-refractivity contribution in [2.24, 2.45) is 0 Å². The second-order valence-electron chi connectivity index (χ2n) is 7.15. The van der Waals surface area contributed by atoms with Gasteiger partial charge in [0, 0.05) is 10.4 Å². The van der Waals surface area contributed by atoms with Crippen LogP contribution in [-0.4, -0.2) is 29.5 Å². The Kier molecular flexibility index (Phi) is 5.55. The molecule has 1 amide bonds. The largest absolute Gasteiger partial charge is 0.479 e. The first-order valence-corrected chi connectivity index (χ1v) is 10.5. The highest BCUT2D eigenvalue weighted by molar-refractivity contribution is 7.11. The molecule has 1 aromatic heterocycles. The topological polar surface area (TPSA) is 68.7 Å². The van der Waals surface area contributed by atoms with E-state index >= 15 is 0 Å². The maximum absolute atomic E-state index is 12.8. The van der Waals surface area contributed by atoms with E-state index in [2.05, 4.69) is 4.98 Å². The lowest BCUT2D eigenvalue weighted by Crippen LogP contribution is -2.47. The van der Waals surface area contributed by atoms with Crippen molar-refractivity contribution in [2.45, 2.75) is 33.5 Å². The second-order valence-corrected chi connectivity index (χ2v) is 8.56. The Morgan fingerprint density at radius 2 is 1.97 bits per heavy atom. The molecule has 4 rings (SSSR count). The van der Waals surface area contributed by atoms with E-state index in [1.54, 1.807) is 18.3 Å². The molecule has 7 heteroatoms. The summed E-state index contributed by atoms with van der Waals surface area (Å²) in [5.41, 5.74) is 3.20. The number of ether oxygens (including phenoxy) is 2. The van der Waals surface area contributed by atoms with Gasteiger partial charge in [0.25, 0.3) is 5.91 Å². The van der Waals surface area contributed by atoms with Gasteiger partial charge in [0.1, 0.15) is 18.9 Å². The van der Waals surface area contributed by atoms with Gasteiger partial charge >= 0.3 is 5.97 Å². The molecule has 0 saturated heterocycles. The number of benzene rings is 2. The van der Waals surface area contributed by atoms with E-state index < -0.39 is 12.1 Å². The third-order valence-corrected chi connectivity index (χ3v) is 5.76. The number of rotatable bonds is 5. The van der Waals surface area contributed by atoms with Crippen molar-refractivity contribution in [1.29, 1.82) is 0 Å². The predicted molar refractivity (Wildman–Crippen MR) is 116 cm³/mol. The number of anilines is 1. The fraction of sp³-hybridized carbons (Fsp3) is 0.261. The standard InChI is InChI=1S/C23H22N2O4S/c1-14-23(27)25(12-21(26)28-13-17-7-5-4-6-8-17)19-11-18(9-10-20(19)29-14)22-15(2)30-16(3)24-22/h4-11,14H,12-13H2,1-3H3. The number of hydrogen-bond donors (Lipinski definition) is 0. The van der Waals surface area contributed by atoms with Crippen LogP contribution in [-0.2, 0) is 20.9 Å². The van der Waals surface area contributed by atoms with Crippen LogP contribution in [0.15, 0.2) is 48.5 Å². The summed E-state index contributed by atoms with van der Waals surface area (Å²) >= 11 is 1.62. The third kappa shape index (κ3) is 4.07. The lowest BCUT2D eigenvalue weighted by molar-refractivity contribution is -0.144. The summed E-state index contributed by atoms with van der Waals surface area (Å²) in [6, 6.07) is 15.0. The molecule has 1 unspecified atom stereocenters. The summed E-state index contributed by atoms with van der Waals surface area (Å²) in [6.07, 6.45) is -0.673. The van der Waals surface area contributed by atoms with Gasteiger partial charge in [-0.3, -0.25) is 14.5 Å². The van der Waals surface area contributed by atoms with Crippen LogP contribution in [0.2, 0.25) is 0 Å². The number of nitrogens with zero attached hydrogens (tertiary/aromatic N) is 2. The molecule has 3 aromatic rings. The van der Waals surface area contributed by atoms with Crippen LogP contribution in [0.25, 0.3) is 11.3 Å². The van der Waals surface area contributed by atoms with E-state index in [4.69, 9.17) is 9.47 Å². The maximum Gasteiger partial charge on any atom is 0.326 e. The minimum Gasteiger partial charge on any atom is -0.479 e. The molecule has 1 aliphatic heterocycles. The van der Waals surface area contributed by atoms with Crippen LogP contribution in [0, 0.1) is 13.8 Å². The Balaban J connectivity index is 1.58. The lowest BCUT2D eigenvalue weighted by atomic mass is 10.1. The van der Waals surface area contributed by atoms with Gasteiger partial charge < -0.3 is 9.47 Å². The molecule has 2 aromatic carbocycles.